The van der Waals surface area contributed by atoms with E-state index in [2.05, 4.69) is 46.2 Å². The quantitative estimate of drug-likeness (QED) is 0.256. The summed E-state index contributed by atoms with van der Waals surface area (Å²) >= 11 is 1.74. The highest BCUT2D eigenvalue weighted by Gasteiger charge is 2.27. The maximum Gasteiger partial charge on any atom is 0.324 e. The number of hydrogen-bond acceptors (Lipinski definition) is 4. The van der Waals surface area contributed by atoms with Gasteiger partial charge in [-0.1, -0.05) is 19.9 Å². The number of rotatable bonds is 6. The number of amides is 3. The molecule has 2 rings (SSSR count). The van der Waals surface area contributed by atoms with Crippen molar-refractivity contribution in [1.82, 2.24) is 20.9 Å². The van der Waals surface area contributed by atoms with E-state index in [1.807, 2.05) is 6.07 Å². The van der Waals surface area contributed by atoms with Crippen LogP contribution in [0.4, 0.5) is 4.79 Å². The molecule has 3 N–H and O–H groups in total. The van der Waals surface area contributed by atoms with Crippen molar-refractivity contribution in [3.05, 3.63) is 22.4 Å². The van der Waals surface area contributed by atoms with Crippen LogP contribution in [0.3, 0.4) is 0 Å². The zero-order valence-electron chi connectivity index (χ0n) is 14.1. The molecule has 1 saturated heterocycles. The van der Waals surface area contributed by atoms with Gasteiger partial charge in [0.2, 0.25) is 5.91 Å². The van der Waals surface area contributed by atoms with Crippen LogP contribution in [0.5, 0.6) is 0 Å². The normalized spacial score (nSPS) is 15.1. The zero-order chi connectivity index (χ0) is 16.9. The number of imide groups is 1. The summed E-state index contributed by atoms with van der Waals surface area (Å²) in [6.07, 6.45) is 0. The largest absolute Gasteiger partial charge is 0.356 e. The summed E-state index contributed by atoms with van der Waals surface area (Å²) in [5.74, 6) is 0.459. The summed E-state index contributed by atoms with van der Waals surface area (Å²) in [6.45, 7) is 5.94. The second-order valence-corrected chi connectivity index (χ2v) is 6.87. The van der Waals surface area contributed by atoms with E-state index in [1.165, 1.54) is 9.78 Å². The molecule has 0 aromatic carbocycles. The molecule has 1 aromatic heterocycles. The summed E-state index contributed by atoms with van der Waals surface area (Å²) in [4.78, 5) is 29.6. The molecular weight excluding hydrogens is 441 g/mol. The van der Waals surface area contributed by atoms with E-state index in [0.717, 1.165) is 6.54 Å². The number of carbonyl (C=O) groups excluding carboxylic acids is 2. The first kappa shape index (κ1) is 20.7. The van der Waals surface area contributed by atoms with Gasteiger partial charge in [0.15, 0.2) is 5.96 Å². The Kier molecular flexibility index (Phi) is 7.94. The number of hydrogen-bond donors (Lipinski definition) is 3. The molecule has 1 aliphatic rings. The Bertz CT molecular complexity index is 573. The van der Waals surface area contributed by atoms with Gasteiger partial charge in [0, 0.05) is 37.0 Å². The minimum absolute atomic E-state index is 0. The number of aliphatic imine (C=N–C) groups is 1. The molecule has 0 atom stereocenters. The molecule has 1 aromatic rings. The number of carbonyl (C=O) groups is 2. The number of halogens is 1. The summed E-state index contributed by atoms with van der Waals surface area (Å²) < 4.78 is 0. The maximum atomic E-state index is 11.5. The van der Waals surface area contributed by atoms with Crippen LogP contribution in [0.25, 0.3) is 0 Å². The summed E-state index contributed by atoms with van der Waals surface area (Å²) in [5, 5.41) is 11.0. The fraction of sp³-hybridized carbons (Fsp3) is 0.533. The molecule has 3 amide bonds. The van der Waals surface area contributed by atoms with E-state index < -0.39 is 0 Å². The predicted octanol–water partition coefficient (Wildman–Crippen LogP) is 1.36. The zero-order valence-corrected chi connectivity index (χ0v) is 17.2. The van der Waals surface area contributed by atoms with Crippen LogP contribution in [0, 0.1) is 0 Å². The lowest BCUT2D eigenvalue weighted by molar-refractivity contribution is -0.124. The lowest BCUT2D eigenvalue weighted by atomic mass is 9.91. The van der Waals surface area contributed by atoms with Crippen LogP contribution in [0.2, 0.25) is 0 Å². The van der Waals surface area contributed by atoms with Crippen molar-refractivity contribution < 1.29 is 9.59 Å². The molecule has 2 heterocycles. The van der Waals surface area contributed by atoms with Crippen LogP contribution in [0.15, 0.2) is 22.5 Å². The highest BCUT2D eigenvalue weighted by atomic mass is 127. The van der Waals surface area contributed by atoms with Crippen molar-refractivity contribution in [1.29, 1.82) is 0 Å². The molecule has 1 aliphatic heterocycles. The Hall–Kier alpha value is -1.36. The minimum atomic E-state index is -0.335. The van der Waals surface area contributed by atoms with Gasteiger partial charge in [-0.3, -0.25) is 14.7 Å². The predicted molar refractivity (Wildman–Crippen MR) is 107 cm³/mol. The first-order valence-electron chi connectivity index (χ1n) is 7.51. The van der Waals surface area contributed by atoms with Crippen molar-refractivity contribution in [2.75, 3.05) is 33.2 Å². The van der Waals surface area contributed by atoms with E-state index in [1.54, 1.807) is 18.4 Å². The highest BCUT2D eigenvalue weighted by Crippen LogP contribution is 2.26. The Morgan fingerprint density at radius 1 is 1.42 bits per heavy atom. The second-order valence-electron chi connectivity index (χ2n) is 5.92. The molecule has 134 valence electrons. The lowest BCUT2D eigenvalue weighted by Crippen LogP contribution is -2.46. The molecule has 0 spiro atoms. The van der Waals surface area contributed by atoms with Crippen molar-refractivity contribution in [3.63, 3.8) is 0 Å². The SMILES string of the molecule is CN=C(NCCN1C(=O)CNC1=O)NCC(C)(C)c1cccs1.I. The van der Waals surface area contributed by atoms with E-state index in [4.69, 9.17) is 0 Å². The van der Waals surface area contributed by atoms with E-state index in [0.29, 0.717) is 19.0 Å². The Labute approximate surface area is 163 Å². The van der Waals surface area contributed by atoms with Gasteiger partial charge >= 0.3 is 6.03 Å². The number of nitrogens with one attached hydrogen (secondary N) is 3. The maximum absolute atomic E-state index is 11.5. The van der Waals surface area contributed by atoms with Crippen molar-refractivity contribution >= 4 is 53.2 Å². The van der Waals surface area contributed by atoms with Gasteiger partial charge < -0.3 is 16.0 Å². The second kappa shape index (κ2) is 9.21. The minimum Gasteiger partial charge on any atom is -0.356 e. The van der Waals surface area contributed by atoms with Gasteiger partial charge in [-0.05, 0) is 11.4 Å². The average Bonchev–Trinajstić information content (AvgIpc) is 3.16. The van der Waals surface area contributed by atoms with Crippen LogP contribution < -0.4 is 16.0 Å². The average molecular weight is 465 g/mol. The van der Waals surface area contributed by atoms with E-state index in [-0.39, 0.29) is 47.9 Å². The van der Waals surface area contributed by atoms with Gasteiger partial charge in [0.25, 0.3) is 0 Å². The van der Waals surface area contributed by atoms with Crippen LogP contribution in [-0.2, 0) is 10.2 Å². The molecule has 24 heavy (non-hydrogen) atoms. The molecule has 1 fully saturated rings. The van der Waals surface area contributed by atoms with Gasteiger partial charge in [-0.25, -0.2) is 4.79 Å². The fourth-order valence-electron chi connectivity index (χ4n) is 2.24. The summed E-state index contributed by atoms with van der Waals surface area (Å²) in [6, 6.07) is 3.84. The molecule has 9 heteroatoms. The molecule has 0 unspecified atom stereocenters. The molecule has 0 bridgehead atoms. The Morgan fingerprint density at radius 3 is 2.71 bits per heavy atom. The first-order chi connectivity index (χ1) is 10.9. The number of urea groups is 1. The van der Waals surface area contributed by atoms with E-state index in [9.17, 15) is 9.59 Å². The smallest absolute Gasteiger partial charge is 0.324 e. The molecular formula is C15H24IN5O2S. The Morgan fingerprint density at radius 2 is 2.17 bits per heavy atom. The number of guanidine groups is 1. The topological polar surface area (TPSA) is 85.8 Å². The van der Waals surface area contributed by atoms with Crippen molar-refractivity contribution in [2.24, 2.45) is 4.99 Å². The molecule has 0 radical (unpaired) electrons. The first-order valence-corrected chi connectivity index (χ1v) is 8.39. The third-order valence-corrected chi connectivity index (χ3v) is 4.91. The van der Waals surface area contributed by atoms with Crippen LogP contribution >= 0.6 is 35.3 Å². The van der Waals surface area contributed by atoms with Crippen molar-refractivity contribution in [3.8, 4) is 0 Å². The summed E-state index contributed by atoms with van der Waals surface area (Å²) in [7, 11) is 1.70. The lowest BCUT2D eigenvalue weighted by Gasteiger charge is -2.25. The van der Waals surface area contributed by atoms with Crippen LogP contribution in [0.1, 0.15) is 18.7 Å². The fourth-order valence-corrected chi connectivity index (χ4v) is 3.10. The van der Waals surface area contributed by atoms with Crippen LogP contribution in [-0.4, -0.2) is 56.0 Å². The highest BCUT2D eigenvalue weighted by molar-refractivity contribution is 14.0. The molecule has 0 saturated carbocycles. The Balaban J connectivity index is 0.00000288. The molecule has 0 aliphatic carbocycles. The third-order valence-electron chi connectivity index (χ3n) is 3.67. The third kappa shape index (κ3) is 5.33. The number of nitrogens with zero attached hydrogens (tertiary/aromatic N) is 2. The van der Waals surface area contributed by atoms with Gasteiger partial charge in [-0.2, -0.15) is 0 Å². The molecule has 7 nitrogen and oxygen atoms in total. The van der Waals surface area contributed by atoms with E-state index >= 15 is 0 Å². The standard InChI is InChI=1S/C15H23N5O2S.HI/c1-15(2,11-5-4-8-23-11)10-19-13(16-3)17-6-7-20-12(21)9-18-14(20)22;/h4-5,8H,6-7,9-10H2,1-3H3,(H,18,22)(H2,16,17,19);1H. The van der Waals surface area contributed by atoms with Gasteiger partial charge in [0.1, 0.15) is 0 Å². The van der Waals surface area contributed by atoms with Gasteiger partial charge in [-0.15, -0.1) is 35.3 Å². The number of thiophene rings is 1. The summed E-state index contributed by atoms with van der Waals surface area (Å²) in [5.41, 5.74) is -0.00338. The van der Waals surface area contributed by atoms with Gasteiger partial charge in [0.05, 0.1) is 6.54 Å². The monoisotopic (exact) mass is 465 g/mol. The van der Waals surface area contributed by atoms with Crippen molar-refractivity contribution in [2.45, 2.75) is 19.3 Å².